The van der Waals surface area contributed by atoms with E-state index in [9.17, 15) is 0 Å². The molecule has 1 rings (SSSR count). The molecule has 1 aromatic carbocycles. The molecule has 0 heterocycles. The van der Waals surface area contributed by atoms with Crippen molar-refractivity contribution in [2.45, 2.75) is 6.42 Å². The molecule has 0 atom stereocenters. The third kappa shape index (κ3) is 3.10. The monoisotopic (exact) mass is 357 g/mol. The van der Waals surface area contributed by atoms with Gasteiger partial charge in [-0.25, -0.2) is 0 Å². The number of rotatable bonds is 3. The van der Waals surface area contributed by atoms with Crippen molar-refractivity contribution < 1.29 is 23.3 Å². The molecule has 0 saturated carbocycles. The molecule has 1 aromatic rings. The Morgan fingerprint density at radius 1 is 1.45 bits per heavy atom. The van der Waals surface area contributed by atoms with Gasteiger partial charge in [-0.2, -0.15) is 0 Å². The molecule has 0 aliphatic rings. The van der Waals surface area contributed by atoms with E-state index in [0.29, 0.717) is 0 Å². The van der Waals surface area contributed by atoms with Gasteiger partial charge in [-0.3, -0.25) is 0 Å². The van der Waals surface area contributed by atoms with Gasteiger partial charge >= 0.3 is 83.2 Å². The second-order valence-electron chi connectivity index (χ2n) is 2.49. The molecule has 0 amide bonds. The van der Waals surface area contributed by atoms with Crippen LogP contribution in [0.25, 0.3) is 0 Å². The molecular formula is C8H10ClHgN. The Balaban J connectivity index is 2.74. The molecule has 0 aromatic heterocycles. The first kappa shape index (κ1) is 9.49. The van der Waals surface area contributed by atoms with E-state index in [1.165, 1.54) is 8.64 Å². The topological polar surface area (TPSA) is 26.0 Å². The normalized spacial score (nSPS) is 9.27. The summed E-state index contributed by atoms with van der Waals surface area (Å²) in [6.07, 6.45) is 0.971. The van der Waals surface area contributed by atoms with Gasteiger partial charge in [-0.1, -0.05) is 0 Å². The summed E-state index contributed by atoms with van der Waals surface area (Å²) in [5, 5.41) is 0. The summed E-state index contributed by atoms with van der Waals surface area (Å²) in [4.78, 5) is 0. The predicted molar refractivity (Wildman–Crippen MR) is 44.7 cm³/mol. The average molecular weight is 356 g/mol. The predicted octanol–water partition coefficient (Wildman–Crippen LogP) is 1.05. The van der Waals surface area contributed by atoms with Crippen LogP contribution in [0.1, 0.15) is 5.56 Å². The molecule has 0 unspecified atom stereocenters. The van der Waals surface area contributed by atoms with Crippen LogP contribution < -0.4 is 8.81 Å². The van der Waals surface area contributed by atoms with Crippen LogP contribution in [-0.4, -0.2) is 6.54 Å². The van der Waals surface area contributed by atoms with Crippen molar-refractivity contribution in [3.8, 4) is 0 Å². The standard InChI is InChI=1S/C8H10N.ClH.Hg/c9-7-6-8-4-2-1-3-5-8;;/h1-2,4-5H,6-7,9H2;1H;/q;;+1/p-1. The number of halogens is 1. The Morgan fingerprint density at radius 3 is 2.91 bits per heavy atom. The van der Waals surface area contributed by atoms with Gasteiger partial charge in [0.25, 0.3) is 0 Å². The summed E-state index contributed by atoms with van der Waals surface area (Å²) in [6.45, 7) is 0.725. The van der Waals surface area contributed by atoms with Crippen LogP contribution in [-0.2, 0) is 29.8 Å². The van der Waals surface area contributed by atoms with Crippen LogP contribution in [0.3, 0.4) is 0 Å². The van der Waals surface area contributed by atoms with Gasteiger partial charge in [0.2, 0.25) is 0 Å². The van der Waals surface area contributed by atoms with E-state index in [4.69, 9.17) is 14.0 Å². The van der Waals surface area contributed by atoms with Gasteiger partial charge in [0.1, 0.15) is 0 Å². The second-order valence-corrected chi connectivity index (χ2v) is 9.05. The van der Waals surface area contributed by atoms with Crippen LogP contribution >= 0.6 is 8.25 Å². The molecule has 0 aliphatic carbocycles. The van der Waals surface area contributed by atoms with E-state index in [0.717, 1.165) is 13.0 Å². The van der Waals surface area contributed by atoms with Gasteiger partial charge in [-0.15, -0.1) is 0 Å². The summed E-state index contributed by atoms with van der Waals surface area (Å²) in [5.41, 5.74) is 6.76. The van der Waals surface area contributed by atoms with Crippen molar-refractivity contribution in [2.75, 3.05) is 6.54 Å². The van der Waals surface area contributed by atoms with Gasteiger partial charge in [0.05, 0.1) is 0 Å². The first-order chi connectivity index (χ1) is 5.36. The average Bonchev–Trinajstić information content (AvgIpc) is 2.06. The maximum atomic E-state index is 5.89. The van der Waals surface area contributed by atoms with E-state index in [1.807, 2.05) is 0 Å². The Morgan fingerprint density at radius 2 is 2.27 bits per heavy atom. The number of nitrogens with two attached hydrogens (primary N) is 1. The minimum absolute atomic E-state index is 0.725. The van der Waals surface area contributed by atoms with Crippen molar-refractivity contribution in [1.82, 2.24) is 0 Å². The first-order valence-electron chi connectivity index (χ1n) is 3.70. The quantitative estimate of drug-likeness (QED) is 0.806. The molecule has 0 bridgehead atoms. The van der Waals surface area contributed by atoms with Crippen LogP contribution in [0, 0.1) is 0 Å². The number of hydrogen-bond donors (Lipinski definition) is 1. The Bertz CT molecular complexity index is 227. The fourth-order valence-electron chi connectivity index (χ4n) is 1.03. The molecule has 1 nitrogen and oxygen atoms in total. The molecule has 0 fully saturated rings. The van der Waals surface area contributed by atoms with Crippen molar-refractivity contribution >= 4 is 11.3 Å². The molecular weight excluding hydrogens is 346 g/mol. The summed E-state index contributed by atoms with van der Waals surface area (Å²) in [7, 11) is 5.89. The Hall–Kier alpha value is 0.405. The van der Waals surface area contributed by atoms with Gasteiger partial charge in [0, 0.05) is 0 Å². The second kappa shape index (κ2) is 5.12. The molecule has 56 valence electrons. The van der Waals surface area contributed by atoms with E-state index in [1.54, 1.807) is 0 Å². The van der Waals surface area contributed by atoms with Crippen LogP contribution in [0.5, 0.6) is 0 Å². The SMILES string of the molecule is NCCc1ccc[c]([Hg][Cl])c1. The third-order valence-corrected chi connectivity index (χ3v) is 7.20. The molecule has 0 saturated heterocycles. The van der Waals surface area contributed by atoms with Crippen LogP contribution in [0.4, 0.5) is 0 Å². The van der Waals surface area contributed by atoms with Crippen molar-refractivity contribution in [1.29, 1.82) is 0 Å². The maximum absolute atomic E-state index is 5.89. The summed E-state index contributed by atoms with van der Waals surface area (Å²) in [6, 6.07) is 8.50. The summed E-state index contributed by atoms with van der Waals surface area (Å²) < 4.78 is 1.39. The fraction of sp³-hybridized carbons (Fsp3) is 0.250. The zero-order valence-electron chi connectivity index (χ0n) is 6.39. The van der Waals surface area contributed by atoms with Crippen LogP contribution in [0.15, 0.2) is 24.3 Å². The first-order valence-corrected chi connectivity index (χ1v) is 13.2. The molecule has 11 heavy (non-hydrogen) atoms. The number of hydrogen-bond acceptors (Lipinski definition) is 1. The summed E-state index contributed by atoms with van der Waals surface area (Å²) >= 11 is -1.17. The molecule has 0 spiro atoms. The van der Waals surface area contributed by atoms with Crippen molar-refractivity contribution in [3.05, 3.63) is 29.8 Å². The molecule has 0 aliphatic heterocycles. The minimum atomic E-state index is -1.17. The van der Waals surface area contributed by atoms with E-state index in [2.05, 4.69) is 24.3 Å². The van der Waals surface area contributed by atoms with Crippen molar-refractivity contribution in [3.63, 3.8) is 0 Å². The van der Waals surface area contributed by atoms with Crippen LogP contribution in [0.2, 0.25) is 0 Å². The van der Waals surface area contributed by atoms with Gasteiger partial charge in [0.15, 0.2) is 0 Å². The van der Waals surface area contributed by atoms with E-state index < -0.39 is 23.3 Å². The zero-order chi connectivity index (χ0) is 8.10. The zero-order valence-corrected chi connectivity index (χ0v) is 12.6. The van der Waals surface area contributed by atoms with Gasteiger partial charge in [-0.05, 0) is 0 Å². The summed E-state index contributed by atoms with van der Waals surface area (Å²) in [5.74, 6) is 0. The third-order valence-electron chi connectivity index (χ3n) is 1.58. The Kier molecular flexibility index (Phi) is 4.42. The fourth-order valence-corrected chi connectivity index (χ4v) is 4.69. The van der Waals surface area contributed by atoms with E-state index >= 15 is 0 Å². The molecule has 3 heteroatoms. The number of benzene rings is 1. The van der Waals surface area contributed by atoms with Gasteiger partial charge < -0.3 is 0 Å². The van der Waals surface area contributed by atoms with E-state index in [-0.39, 0.29) is 0 Å². The molecule has 2 N–H and O–H groups in total. The van der Waals surface area contributed by atoms with Crippen molar-refractivity contribution in [2.24, 2.45) is 5.73 Å². The molecule has 0 radical (unpaired) electrons. The Labute approximate surface area is 82.8 Å².